The van der Waals surface area contributed by atoms with Crippen molar-refractivity contribution in [2.75, 3.05) is 14.2 Å². The fraction of sp³-hybridized carbons (Fsp3) is 0.833. The second-order valence-electron chi connectivity index (χ2n) is 3.53. The molecular formula is C12H24O2. The van der Waals surface area contributed by atoms with Gasteiger partial charge in [0.15, 0.2) is 6.29 Å². The lowest BCUT2D eigenvalue weighted by molar-refractivity contribution is -0.107. The van der Waals surface area contributed by atoms with E-state index in [1.807, 2.05) is 6.08 Å². The third-order valence-electron chi connectivity index (χ3n) is 2.37. The van der Waals surface area contributed by atoms with Gasteiger partial charge in [0.1, 0.15) is 0 Å². The molecular weight excluding hydrogens is 176 g/mol. The molecule has 0 saturated heterocycles. The van der Waals surface area contributed by atoms with Crippen molar-refractivity contribution < 1.29 is 9.47 Å². The summed E-state index contributed by atoms with van der Waals surface area (Å²) in [5, 5.41) is 0. The van der Waals surface area contributed by atoms with Crippen molar-refractivity contribution in [1.29, 1.82) is 0 Å². The normalized spacial score (nSPS) is 10.8. The summed E-state index contributed by atoms with van der Waals surface area (Å²) >= 11 is 0. The molecule has 84 valence electrons. The van der Waals surface area contributed by atoms with Crippen molar-refractivity contribution in [3.63, 3.8) is 0 Å². The highest BCUT2D eigenvalue weighted by Gasteiger charge is 2.03. The molecule has 0 bridgehead atoms. The maximum atomic E-state index is 5.11. The lowest BCUT2D eigenvalue weighted by Gasteiger charge is -2.12. The highest BCUT2D eigenvalue weighted by molar-refractivity contribution is 4.65. The van der Waals surface area contributed by atoms with Crippen LogP contribution in [-0.4, -0.2) is 20.5 Å². The van der Waals surface area contributed by atoms with Crippen molar-refractivity contribution in [1.82, 2.24) is 0 Å². The molecule has 0 rings (SSSR count). The van der Waals surface area contributed by atoms with Crippen LogP contribution in [-0.2, 0) is 9.47 Å². The highest BCUT2D eigenvalue weighted by atomic mass is 16.7. The number of methoxy groups -OCH3 is 2. The number of hydrogen-bond acceptors (Lipinski definition) is 2. The molecule has 0 amide bonds. The summed E-state index contributed by atoms with van der Waals surface area (Å²) in [5.41, 5.74) is 0. The minimum Gasteiger partial charge on any atom is -0.356 e. The molecule has 0 N–H and O–H groups in total. The van der Waals surface area contributed by atoms with Gasteiger partial charge in [-0.15, -0.1) is 6.58 Å². The smallest absolute Gasteiger partial charge is 0.156 e. The fourth-order valence-corrected chi connectivity index (χ4v) is 1.46. The third-order valence-corrected chi connectivity index (χ3v) is 2.37. The van der Waals surface area contributed by atoms with E-state index in [9.17, 15) is 0 Å². The number of allylic oxidation sites excluding steroid dienone is 1. The first-order valence-electron chi connectivity index (χ1n) is 5.51. The predicted molar refractivity (Wildman–Crippen MR) is 60.3 cm³/mol. The van der Waals surface area contributed by atoms with Crippen LogP contribution < -0.4 is 0 Å². The maximum Gasteiger partial charge on any atom is 0.156 e. The molecule has 2 heteroatoms. The molecule has 0 aromatic rings. The average molecular weight is 200 g/mol. The average Bonchev–Trinajstić information content (AvgIpc) is 2.22. The zero-order chi connectivity index (χ0) is 10.6. The van der Waals surface area contributed by atoms with Gasteiger partial charge in [0, 0.05) is 14.2 Å². The summed E-state index contributed by atoms with van der Waals surface area (Å²) in [5.74, 6) is 0. The Kier molecular flexibility index (Phi) is 10.5. The molecule has 0 aliphatic rings. The summed E-state index contributed by atoms with van der Waals surface area (Å²) in [7, 11) is 3.39. The standard InChI is InChI=1S/C12H24O2/c1-4-5-6-7-8-9-10-11-12(13-2)14-3/h4,12H,1,5-11H2,2-3H3. The van der Waals surface area contributed by atoms with Crippen molar-refractivity contribution >= 4 is 0 Å². The lowest BCUT2D eigenvalue weighted by Crippen LogP contribution is -2.12. The third kappa shape index (κ3) is 8.27. The molecule has 2 nitrogen and oxygen atoms in total. The van der Waals surface area contributed by atoms with E-state index >= 15 is 0 Å². The quantitative estimate of drug-likeness (QED) is 0.305. The van der Waals surface area contributed by atoms with E-state index in [1.165, 1.54) is 32.1 Å². The first kappa shape index (κ1) is 13.7. The summed E-state index contributed by atoms with van der Waals surface area (Å²) in [6.07, 6.45) is 10.5. The van der Waals surface area contributed by atoms with Crippen molar-refractivity contribution in [3.05, 3.63) is 12.7 Å². The summed E-state index contributed by atoms with van der Waals surface area (Å²) in [6, 6.07) is 0. The first-order chi connectivity index (χ1) is 6.85. The Morgan fingerprint density at radius 1 is 1.00 bits per heavy atom. The highest BCUT2D eigenvalue weighted by Crippen LogP contribution is 2.10. The Morgan fingerprint density at radius 2 is 1.57 bits per heavy atom. The number of unbranched alkanes of at least 4 members (excludes halogenated alkanes) is 5. The van der Waals surface area contributed by atoms with Gasteiger partial charge < -0.3 is 9.47 Å². The molecule has 0 aliphatic heterocycles. The lowest BCUT2D eigenvalue weighted by atomic mass is 10.1. The van der Waals surface area contributed by atoms with Crippen LogP contribution in [0.1, 0.15) is 44.9 Å². The van der Waals surface area contributed by atoms with Crippen molar-refractivity contribution in [3.8, 4) is 0 Å². The molecule has 0 aliphatic carbocycles. The number of rotatable bonds is 10. The van der Waals surface area contributed by atoms with Crippen LogP contribution in [0.3, 0.4) is 0 Å². The minimum absolute atomic E-state index is 0.0109. The van der Waals surface area contributed by atoms with Crippen molar-refractivity contribution in [2.24, 2.45) is 0 Å². The molecule has 0 saturated carbocycles. The van der Waals surface area contributed by atoms with E-state index in [0.29, 0.717) is 0 Å². The topological polar surface area (TPSA) is 18.5 Å². The Morgan fingerprint density at radius 3 is 2.14 bits per heavy atom. The maximum absolute atomic E-state index is 5.11. The first-order valence-corrected chi connectivity index (χ1v) is 5.51. The Hall–Kier alpha value is -0.340. The van der Waals surface area contributed by atoms with Crippen LogP contribution in [0.2, 0.25) is 0 Å². The zero-order valence-electron chi connectivity index (χ0n) is 9.63. The fourth-order valence-electron chi connectivity index (χ4n) is 1.46. The molecule has 0 heterocycles. The molecule has 0 aromatic heterocycles. The van der Waals surface area contributed by atoms with E-state index < -0.39 is 0 Å². The van der Waals surface area contributed by atoms with Gasteiger partial charge in [0.25, 0.3) is 0 Å². The molecule has 0 aromatic carbocycles. The largest absolute Gasteiger partial charge is 0.356 e. The van der Waals surface area contributed by atoms with E-state index in [4.69, 9.17) is 9.47 Å². The second kappa shape index (κ2) is 10.7. The van der Waals surface area contributed by atoms with Crippen LogP contribution >= 0.6 is 0 Å². The Labute approximate surface area is 88.3 Å². The van der Waals surface area contributed by atoms with E-state index in [2.05, 4.69) is 6.58 Å². The Balaban J connectivity index is 3.08. The van der Waals surface area contributed by atoms with E-state index in [1.54, 1.807) is 14.2 Å². The van der Waals surface area contributed by atoms with Gasteiger partial charge >= 0.3 is 0 Å². The molecule has 0 radical (unpaired) electrons. The van der Waals surface area contributed by atoms with Gasteiger partial charge in [0.2, 0.25) is 0 Å². The van der Waals surface area contributed by atoms with Gasteiger partial charge in [-0.1, -0.05) is 25.3 Å². The van der Waals surface area contributed by atoms with Crippen molar-refractivity contribution in [2.45, 2.75) is 51.2 Å². The van der Waals surface area contributed by atoms with Gasteiger partial charge in [0.05, 0.1) is 0 Å². The summed E-state index contributed by atoms with van der Waals surface area (Å²) < 4.78 is 10.2. The number of hydrogen-bond donors (Lipinski definition) is 0. The molecule has 0 unspecified atom stereocenters. The van der Waals surface area contributed by atoms with Crippen LogP contribution in [0, 0.1) is 0 Å². The van der Waals surface area contributed by atoms with E-state index in [-0.39, 0.29) is 6.29 Å². The van der Waals surface area contributed by atoms with Gasteiger partial charge in [-0.25, -0.2) is 0 Å². The molecule has 14 heavy (non-hydrogen) atoms. The Bertz CT molecular complexity index is 119. The molecule has 0 atom stereocenters. The molecule has 0 spiro atoms. The van der Waals surface area contributed by atoms with E-state index in [0.717, 1.165) is 12.8 Å². The van der Waals surface area contributed by atoms with Crippen LogP contribution in [0.5, 0.6) is 0 Å². The summed E-state index contributed by atoms with van der Waals surface area (Å²) in [6.45, 7) is 3.71. The predicted octanol–water partition coefficient (Wildman–Crippen LogP) is 3.52. The monoisotopic (exact) mass is 200 g/mol. The summed E-state index contributed by atoms with van der Waals surface area (Å²) in [4.78, 5) is 0. The van der Waals surface area contributed by atoms with Gasteiger partial charge in [-0.2, -0.15) is 0 Å². The van der Waals surface area contributed by atoms with Gasteiger partial charge in [-0.3, -0.25) is 0 Å². The molecule has 0 fully saturated rings. The minimum atomic E-state index is -0.0109. The van der Waals surface area contributed by atoms with Crippen LogP contribution in [0.15, 0.2) is 12.7 Å². The SMILES string of the molecule is C=CCCCCCCCC(OC)OC. The second-order valence-corrected chi connectivity index (χ2v) is 3.53. The number of ether oxygens (including phenoxy) is 2. The zero-order valence-corrected chi connectivity index (χ0v) is 9.63. The van der Waals surface area contributed by atoms with Crippen LogP contribution in [0.4, 0.5) is 0 Å². The van der Waals surface area contributed by atoms with Crippen LogP contribution in [0.25, 0.3) is 0 Å². The van der Waals surface area contributed by atoms with Gasteiger partial charge in [-0.05, 0) is 25.7 Å².